The van der Waals surface area contributed by atoms with Crippen molar-refractivity contribution >= 4 is 12.1 Å². The standard InChI is InChI=1S/C30H51N5O2/c1-28-10-7-23(37-20-4-19-35-17-2-3-18-35)21-22(28)5-6-25-24(28)8-11-29(13-14-34-31)26(9-12-30(25,29)36)27-32-15-16-33-27/h14,22-26,36H,2-13,15-21,31H2,1H3,(H,32,33)/b34-14+/t22-,23+,24+,25-,26-,28+,29+,30+/m1/s1. The Labute approximate surface area is 224 Å². The highest BCUT2D eigenvalue weighted by atomic mass is 16.5. The number of ether oxygens (including phenoxy) is 1. The third-order valence-electron chi connectivity index (χ3n) is 12.3. The number of fused-ring (bicyclic) bond motifs is 5. The van der Waals surface area contributed by atoms with Crippen LogP contribution in [-0.2, 0) is 4.74 Å². The van der Waals surface area contributed by atoms with E-state index < -0.39 is 5.60 Å². The van der Waals surface area contributed by atoms with Crippen LogP contribution in [0.1, 0.15) is 90.4 Å². The van der Waals surface area contributed by atoms with E-state index in [0.29, 0.717) is 29.3 Å². The average Bonchev–Trinajstić information content (AvgIpc) is 3.66. The topological polar surface area (TPSA) is 95.5 Å². The average molecular weight is 514 g/mol. The van der Waals surface area contributed by atoms with Gasteiger partial charge in [0.2, 0.25) is 0 Å². The van der Waals surface area contributed by atoms with Gasteiger partial charge in [0, 0.05) is 37.2 Å². The lowest BCUT2D eigenvalue weighted by molar-refractivity contribution is -0.211. The molecule has 0 aromatic rings. The summed E-state index contributed by atoms with van der Waals surface area (Å²) in [5, 5.41) is 20.2. The van der Waals surface area contributed by atoms with Crippen molar-refractivity contribution in [3.63, 3.8) is 0 Å². The zero-order valence-electron chi connectivity index (χ0n) is 23.2. The van der Waals surface area contributed by atoms with Crippen LogP contribution < -0.4 is 11.2 Å². The number of likely N-dealkylation sites (tertiary alicyclic amines) is 1. The summed E-state index contributed by atoms with van der Waals surface area (Å²) < 4.78 is 6.47. The zero-order valence-corrected chi connectivity index (χ0v) is 23.2. The molecule has 5 fully saturated rings. The van der Waals surface area contributed by atoms with E-state index in [4.69, 9.17) is 15.6 Å². The third kappa shape index (κ3) is 4.35. The van der Waals surface area contributed by atoms with Gasteiger partial charge >= 0.3 is 0 Å². The molecule has 2 heterocycles. The molecule has 0 aromatic heterocycles. The molecule has 0 aromatic carbocycles. The summed E-state index contributed by atoms with van der Waals surface area (Å²) in [6, 6.07) is 0. The number of amidine groups is 1. The van der Waals surface area contributed by atoms with Crippen molar-refractivity contribution in [3.8, 4) is 0 Å². The second-order valence-electron chi connectivity index (χ2n) is 13.6. The number of aliphatic hydroxyl groups is 1. The molecule has 4 saturated carbocycles. The SMILES string of the molecule is C[C@]12CC[C@H](OCCCN3CCCC3)C[C@H]1CC[C@@H]1[C@@H]2CC[C@]2(C/C=N/N)[C@@H](C3=NCCN3)CC[C@]12O. The van der Waals surface area contributed by atoms with Crippen LogP contribution in [0, 0.1) is 34.5 Å². The number of nitrogens with two attached hydrogens (primary N) is 1. The Bertz CT molecular complexity index is 874. The Kier molecular flexibility index (Phi) is 7.34. The molecule has 2 aliphatic heterocycles. The van der Waals surface area contributed by atoms with Gasteiger partial charge < -0.3 is 25.9 Å². The molecule has 8 atom stereocenters. The lowest BCUT2D eigenvalue weighted by Crippen LogP contribution is -2.64. The van der Waals surface area contributed by atoms with E-state index in [1.807, 2.05) is 6.21 Å². The highest BCUT2D eigenvalue weighted by Gasteiger charge is 2.69. The van der Waals surface area contributed by atoms with Crippen LogP contribution >= 0.6 is 0 Å². The number of hydrogen-bond acceptors (Lipinski definition) is 7. The Morgan fingerprint density at radius 2 is 2.00 bits per heavy atom. The van der Waals surface area contributed by atoms with E-state index in [2.05, 4.69) is 22.2 Å². The Hall–Kier alpha value is -1.18. The maximum Gasteiger partial charge on any atom is 0.100 e. The number of rotatable bonds is 8. The molecule has 4 N–H and O–H groups in total. The van der Waals surface area contributed by atoms with Gasteiger partial charge in [-0.05, 0) is 120 Å². The van der Waals surface area contributed by atoms with Crippen LogP contribution in [-0.4, -0.2) is 73.1 Å². The van der Waals surface area contributed by atoms with E-state index >= 15 is 0 Å². The normalized spacial score (nSPS) is 45.9. The Morgan fingerprint density at radius 3 is 2.78 bits per heavy atom. The van der Waals surface area contributed by atoms with Crippen LogP contribution in [0.25, 0.3) is 0 Å². The second kappa shape index (κ2) is 10.4. The summed E-state index contributed by atoms with van der Waals surface area (Å²) in [4.78, 5) is 7.44. The fourth-order valence-electron chi connectivity index (χ4n) is 10.4. The van der Waals surface area contributed by atoms with Gasteiger partial charge in [0.25, 0.3) is 0 Å². The Morgan fingerprint density at radius 1 is 1.14 bits per heavy atom. The molecule has 6 rings (SSSR count). The largest absolute Gasteiger partial charge is 0.389 e. The molecule has 0 radical (unpaired) electrons. The molecule has 6 aliphatic rings. The minimum Gasteiger partial charge on any atom is -0.389 e. The first-order valence-corrected chi connectivity index (χ1v) is 15.6. The maximum atomic E-state index is 12.7. The minimum atomic E-state index is -0.647. The number of hydrogen-bond donors (Lipinski definition) is 3. The third-order valence-corrected chi connectivity index (χ3v) is 12.3. The molecule has 1 saturated heterocycles. The molecule has 7 nitrogen and oxygen atoms in total. The lowest BCUT2D eigenvalue weighted by atomic mass is 9.42. The van der Waals surface area contributed by atoms with Crippen LogP contribution in [0.5, 0.6) is 0 Å². The van der Waals surface area contributed by atoms with Crippen molar-refractivity contribution in [3.05, 3.63) is 0 Å². The van der Waals surface area contributed by atoms with Crippen LogP contribution in [0.15, 0.2) is 10.1 Å². The quantitative estimate of drug-likeness (QED) is 0.198. The van der Waals surface area contributed by atoms with Crippen molar-refractivity contribution < 1.29 is 9.84 Å². The summed E-state index contributed by atoms with van der Waals surface area (Å²) in [5.74, 6) is 8.77. The first kappa shape index (κ1) is 26.1. The van der Waals surface area contributed by atoms with Gasteiger partial charge in [0.1, 0.15) is 5.84 Å². The van der Waals surface area contributed by atoms with Crippen molar-refractivity contribution in [2.24, 2.45) is 50.4 Å². The minimum absolute atomic E-state index is 0.188. The van der Waals surface area contributed by atoms with Gasteiger partial charge in [-0.2, -0.15) is 5.10 Å². The molecule has 7 heteroatoms. The fourth-order valence-corrected chi connectivity index (χ4v) is 10.4. The summed E-state index contributed by atoms with van der Waals surface area (Å²) in [6.45, 7) is 9.05. The summed E-state index contributed by atoms with van der Waals surface area (Å²) >= 11 is 0. The lowest BCUT2D eigenvalue weighted by Gasteiger charge is -2.64. The van der Waals surface area contributed by atoms with Crippen molar-refractivity contribution in [1.29, 1.82) is 0 Å². The van der Waals surface area contributed by atoms with Gasteiger partial charge in [0.15, 0.2) is 0 Å². The summed E-state index contributed by atoms with van der Waals surface area (Å²) in [6.07, 6.45) is 17.2. The smallest absolute Gasteiger partial charge is 0.100 e. The van der Waals surface area contributed by atoms with E-state index in [-0.39, 0.29) is 5.41 Å². The monoisotopic (exact) mass is 513 g/mol. The van der Waals surface area contributed by atoms with E-state index in [1.54, 1.807) is 0 Å². The van der Waals surface area contributed by atoms with Crippen molar-refractivity contribution in [1.82, 2.24) is 10.2 Å². The van der Waals surface area contributed by atoms with Crippen molar-refractivity contribution in [2.75, 3.05) is 39.3 Å². The van der Waals surface area contributed by atoms with Crippen LogP contribution in [0.4, 0.5) is 0 Å². The number of nitrogens with one attached hydrogen (secondary N) is 1. The van der Waals surface area contributed by atoms with Gasteiger partial charge in [-0.3, -0.25) is 4.99 Å². The van der Waals surface area contributed by atoms with E-state index in [1.165, 1.54) is 71.0 Å². The predicted molar refractivity (Wildman–Crippen MR) is 149 cm³/mol. The first-order chi connectivity index (χ1) is 18.0. The molecule has 0 bridgehead atoms. The zero-order chi connectivity index (χ0) is 25.5. The fraction of sp³-hybridized carbons (Fsp3) is 0.933. The molecule has 0 amide bonds. The van der Waals surface area contributed by atoms with Crippen LogP contribution in [0.2, 0.25) is 0 Å². The number of nitrogens with zero attached hydrogens (tertiary/aromatic N) is 3. The number of hydrazone groups is 1. The maximum absolute atomic E-state index is 12.7. The molecule has 37 heavy (non-hydrogen) atoms. The van der Waals surface area contributed by atoms with E-state index in [0.717, 1.165) is 63.6 Å². The molecule has 4 aliphatic carbocycles. The molecule has 0 spiro atoms. The van der Waals surface area contributed by atoms with Gasteiger partial charge in [-0.1, -0.05) is 6.92 Å². The summed E-state index contributed by atoms with van der Waals surface area (Å²) in [5.41, 5.74) is -0.513. The highest BCUT2D eigenvalue weighted by molar-refractivity contribution is 5.87. The summed E-state index contributed by atoms with van der Waals surface area (Å²) in [7, 11) is 0. The Balaban J connectivity index is 1.13. The van der Waals surface area contributed by atoms with Crippen LogP contribution in [0.3, 0.4) is 0 Å². The van der Waals surface area contributed by atoms with E-state index in [9.17, 15) is 5.11 Å². The van der Waals surface area contributed by atoms with Crippen molar-refractivity contribution in [2.45, 2.75) is 102 Å². The van der Waals surface area contributed by atoms with Gasteiger partial charge in [-0.25, -0.2) is 0 Å². The molecular formula is C30H51N5O2. The molecular weight excluding hydrogens is 462 g/mol. The van der Waals surface area contributed by atoms with Gasteiger partial charge in [0.05, 0.1) is 18.2 Å². The van der Waals surface area contributed by atoms with Gasteiger partial charge in [-0.15, -0.1) is 0 Å². The second-order valence-corrected chi connectivity index (χ2v) is 13.6. The molecule has 0 unspecified atom stereocenters. The predicted octanol–water partition coefficient (Wildman–Crippen LogP) is 3.95. The number of aliphatic imine (C=N–C) groups is 1. The highest BCUT2D eigenvalue weighted by Crippen LogP contribution is 2.70. The first-order valence-electron chi connectivity index (χ1n) is 15.6. The molecule has 208 valence electrons.